The number of pyridine rings is 1. The van der Waals surface area contributed by atoms with Gasteiger partial charge in [0.25, 0.3) is 5.69 Å². The van der Waals surface area contributed by atoms with Crippen LogP contribution in [0.1, 0.15) is 30.7 Å². The van der Waals surface area contributed by atoms with Gasteiger partial charge in [0.05, 0.1) is 34.3 Å². The summed E-state index contributed by atoms with van der Waals surface area (Å²) in [7, 11) is 1.55. The molecule has 0 radical (unpaired) electrons. The molecule has 1 fully saturated rings. The van der Waals surface area contributed by atoms with Gasteiger partial charge in [0.2, 0.25) is 0 Å². The predicted octanol–water partition coefficient (Wildman–Crippen LogP) is 3.13. The molecule has 0 atom stereocenters. The largest absolute Gasteiger partial charge is 0.514 e. The van der Waals surface area contributed by atoms with Gasteiger partial charge >= 0.3 is 6.16 Å². The molecule has 1 aliphatic rings. The van der Waals surface area contributed by atoms with Crippen molar-refractivity contribution in [3.8, 4) is 11.5 Å². The van der Waals surface area contributed by atoms with E-state index in [9.17, 15) is 14.9 Å². The molecule has 0 saturated heterocycles. The number of carbonyl (C=O) groups excluding carboxylic acids is 1. The minimum Gasteiger partial charge on any atom is -0.491 e. The van der Waals surface area contributed by atoms with Crippen molar-refractivity contribution in [2.45, 2.75) is 26.2 Å². The number of non-ortho nitro benzene ring substituents is 1. The number of hydrazine groups is 1. The number of nitro benzene ring substituents is 1. The van der Waals surface area contributed by atoms with Crippen LogP contribution in [0.2, 0.25) is 0 Å². The summed E-state index contributed by atoms with van der Waals surface area (Å²) in [6.07, 6.45) is 2.63. The van der Waals surface area contributed by atoms with E-state index in [2.05, 4.69) is 4.98 Å². The zero-order valence-corrected chi connectivity index (χ0v) is 18.5. The number of ether oxygens (including phenoxy) is 3. The molecule has 1 saturated carbocycles. The number of likely N-dealkylation sites (N-methyl/N-ethyl adjacent to an activating group) is 1. The van der Waals surface area contributed by atoms with E-state index in [1.54, 1.807) is 19.2 Å². The van der Waals surface area contributed by atoms with Crippen molar-refractivity contribution in [1.82, 2.24) is 9.99 Å². The summed E-state index contributed by atoms with van der Waals surface area (Å²) in [5.74, 6) is 7.28. The van der Waals surface area contributed by atoms with Crippen LogP contribution >= 0.6 is 0 Å². The summed E-state index contributed by atoms with van der Waals surface area (Å²) in [5.41, 5.74) is 7.82. The van der Waals surface area contributed by atoms with E-state index < -0.39 is 11.1 Å². The quantitative estimate of drug-likeness (QED) is 0.188. The van der Waals surface area contributed by atoms with Crippen molar-refractivity contribution in [3.63, 3.8) is 0 Å². The summed E-state index contributed by atoms with van der Waals surface area (Å²) in [5, 5.41) is 11.9. The molecule has 33 heavy (non-hydrogen) atoms. The van der Waals surface area contributed by atoms with Gasteiger partial charge in [-0.1, -0.05) is 6.42 Å². The molecule has 1 aliphatic carbocycles. The lowest BCUT2D eigenvalue weighted by molar-refractivity contribution is -0.384. The topological polar surface area (TPSA) is 156 Å². The van der Waals surface area contributed by atoms with Crippen molar-refractivity contribution in [1.29, 1.82) is 0 Å². The molecule has 1 aromatic heterocycles. The van der Waals surface area contributed by atoms with Crippen molar-refractivity contribution in [2.75, 3.05) is 20.3 Å². The first-order valence-corrected chi connectivity index (χ1v) is 10.4. The Kier molecular flexibility index (Phi) is 7.67. The third kappa shape index (κ3) is 6.32. The molecular weight excluding hydrogens is 430 g/mol. The molecule has 3 rings (SSSR count). The number of aromatic nitrogens is 1. The summed E-state index contributed by atoms with van der Waals surface area (Å²) in [4.78, 5) is 26.7. The van der Waals surface area contributed by atoms with E-state index in [1.807, 2.05) is 6.92 Å². The lowest BCUT2D eigenvalue weighted by Gasteiger charge is -2.25. The summed E-state index contributed by atoms with van der Waals surface area (Å²) in [6.45, 7) is 2.23. The van der Waals surface area contributed by atoms with Crippen LogP contribution in [-0.4, -0.2) is 41.3 Å². The second kappa shape index (κ2) is 10.6. The highest BCUT2D eigenvalue weighted by atomic mass is 16.7. The van der Waals surface area contributed by atoms with Crippen molar-refractivity contribution >= 4 is 17.5 Å². The average Bonchev–Trinajstić information content (AvgIpc) is 2.73. The maximum atomic E-state index is 12.0. The second-order valence-corrected chi connectivity index (χ2v) is 7.75. The Bertz CT molecular complexity index is 1030. The van der Waals surface area contributed by atoms with E-state index in [0.29, 0.717) is 35.4 Å². The van der Waals surface area contributed by atoms with Gasteiger partial charge in [-0.3, -0.25) is 10.1 Å². The highest BCUT2D eigenvalue weighted by Crippen LogP contribution is 2.28. The Morgan fingerprint density at radius 1 is 1.24 bits per heavy atom. The molecule has 0 bridgehead atoms. The molecule has 1 heterocycles. The van der Waals surface area contributed by atoms with Gasteiger partial charge < -0.3 is 25.0 Å². The maximum absolute atomic E-state index is 12.0. The molecule has 0 aliphatic heterocycles. The number of rotatable bonds is 9. The smallest absolute Gasteiger partial charge is 0.491 e. The summed E-state index contributed by atoms with van der Waals surface area (Å²) >= 11 is 0. The third-order valence-corrected chi connectivity index (χ3v) is 5.32. The lowest BCUT2D eigenvalue weighted by atomic mass is 9.86. The molecule has 11 nitrogen and oxygen atoms in total. The zero-order chi connectivity index (χ0) is 24.0. The summed E-state index contributed by atoms with van der Waals surface area (Å²) < 4.78 is 16.0. The molecule has 11 heteroatoms. The molecule has 0 spiro atoms. The van der Waals surface area contributed by atoms with Gasteiger partial charge in [0.15, 0.2) is 0 Å². The Hall–Kier alpha value is -3.86. The number of carbonyl (C=O) groups is 1. The number of nitrogens with two attached hydrogens (primary N) is 2. The van der Waals surface area contributed by atoms with Crippen LogP contribution in [0, 0.1) is 23.0 Å². The number of benzene rings is 1. The monoisotopic (exact) mass is 457 g/mol. The normalized spacial score (nSPS) is 14.0. The van der Waals surface area contributed by atoms with Crippen molar-refractivity contribution in [2.24, 2.45) is 17.5 Å². The van der Waals surface area contributed by atoms with Gasteiger partial charge in [-0.25, -0.2) is 15.6 Å². The number of nitro groups is 1. The van der Waals surface area contributed by atoms with Crippen LogP contribution in [0.25, 0.3) is 5.70 Å². The molecule has 0 unspecified atom stereocenters. The van der Waals surface area contributed by atoms with Gasteiger partial charge in [0.1, 0.15) is 18.1 Å². The Morgan fingerprint density at radius 3 is 2.48 bits per heavy atom. The maximum Gasteiger partial charge on any atom is 0.514 e. The molecule has 176 valence electrons. The number of aryl methyl sites for hydroxylation is 1. The molecule has 2 aromatic rings. The standard InChI is InChI=1S/C22H27N5O6/c1-14-20(31-12-15-4-3-5-15)11-10-18(25-14)21(23)19(26(2)24)13-32-22(28)33-17-8-6-16(7-9-17)27(29)30/h6-11,15H,3-5,12-13,23-24H2,1-2H3/b21-19-. The van der Waals surface area contributed by atoms with Crippen LogP contribution in [0.5, 0.6) is 11.5 Å². The lowest BCUT2D eigenvalue weighted by Crippen LogP contribution is -2.31. The van der Waals surface area contributed by atoms with Crippen LogP contribution in [0.4, 0.5) is 10.5 Å². The van der Waals surface area contributed by atoms with Crippen LogP contribution < -0.4 is 21.1 Å². The minimum atomic E-state index is -1.01. The van der Waals surface area contributed by atoms with Crippen LogP contribution in [0.15, 0.2) is 42.1 Å². The fraction of sp³-hybridized carbons (Fsp3) is 0.364. The Morgan fingerprint density at radius 2 is 1.94 bits per heavy atom. The van der Waals surface area contributed by atoms with Gasteiger partial charge in [0, 0.05) is 19.2 Å². The van der Waals surface area contributed by atoms with Gasteiger partial charge in [-0.15, -0.1) is 0 Å². The van der Waals surface area contributed by atoms with Gasteiger partial charge in [-0.2, -0.15) is 0 Å². The van der Waals surface area contributed by atoms with E-state index in [4.69, 9.17) is 25.8 Å². The highest BCUT2D eigenvalue weighted by molar-refractivity contribution is 5.66. The third-order valence-electron chi connectivity index (χ3n) is 5.32. The first-order valence-electron chi connectivity index (χ1n) is 10.4. The SMILES string of the molecule is Cc1nc(/C(N)=C(\COC(=O)Oc2ccc([N+](=O)[O-])cc2)N(C)N)ccc1OCC1CCC1. The van der Waals surface area contributed by atoms with E-state index >= 15 is 0 Å². The van der Waals surface area contributed by atoms with Crippen molar-refractivity contribution < 1.29 is 23.9 Å². The van der Waals surface area contributed by atoms with Crippen LogP contribution in [-0.2, 0) is 4.74 Å². The fourth-order valence-electron chi connectivity index (χ4n) is 3.12. The zero-order valence-electron chi connectivity index (χ0n) is 18.5. The van der Waals surface area contributed by atoms with E-state index in [-0.39, 0.29) is 23.7 Å². The molecular formula is C22H27N5O6. The number of hydrogen-bond donors (Lipinski definition) is 2. The van der Waals surface area contributed by atoms with E-state index in [0.717, 1.165) is 0 Å². The molecule has 1 aromatic carbocycles. The fourth-order valence-corrected chi connectivity index (χ4v) is 3.12. The first-order chi connectivity index (χ1) is 15.7. The van der Waals surface area contributed by atoms with E-state index in [1.165, 1.54) is 48.5 Å². The molecule has 0 amide bonds. The number of hydrogen-bond acceptors (Lipinski definition) is 10. The Labute approximate surface area is 191 Å². The average molecular weight is 457 g/mol. The van der Waals surface area contributed by atoms with Gasteiger partial charge in [-0.05, 0) is 49.9 Å². The van der Waals surface area contributed by atoms with Crippen LogP contribution in [0.3, 0.4) is 0 Å². The minimum absolute atomic E-state index is 0.0972. The predicted molar refractivity (Wildman–Crippen MR) is 120 cm³/mol. The Balaban J connectivity index is 1.63. The second-order valence-electron chi connectivity index (χ2n) is 7.75. The first kappa shape index (κ1) is 23.8. The van der Waals surface area contributed by atoms with Crippen molar-refractivity contribution in [3.05, 3.63) is 63.6 Å². The molecule has 4 N–H and O–H groups in total. The number of nitrogens with zero attached hydrogens (tertiary/aromatic N) is 3. The summed E-state index contributed by atoms with van der Waals surface area (Å²) in [6, 6.07) is 8.54. The highest BCUT2D eigenvalue weighted by Gasteiger charge is 2.19.